The van der Waals surface area contributed by atoms with E-state index >= 15 is 0 Å². The number of aliphatic hydroxyl groups excluding tert-OH is 1. The Labute approximate surface area is 148 Å². The average molecular weight is 349 g/mol. The molecule has 1 aromatic carbocycles. The van der Waals surface area contributed by atoms with E-state index in [1.807, 2.05) is 30.3 Å². The molecular formula is C19H25ClN2O2. The van der Waals surface area contributed by atoms with E-state index in [0.29, 0.717) is 30.0 Å². The van der Waals surface area contributed by atoms with Gasteiger partial charge in [0.15, 0.2) is 0 Å². The maximum atomic E-state index is 9.23. The summed E-state index contributed by atoms with van der Waals surface area (Å²) in [6, 6.07) is 9.96. The van der Waals surface area contributed by atoms with Crippen LogP contribution in [0.1, 0.15) is 43.5 Å². The average Bonchev–Trinajstić information content (AvgIpc) is 2.58. The second kappa shape index (κ2) is 9.02. The number of halogens is 1. The number of ether oxygens (including phenoxy) is 1. The Hall–Kier alpha value is -1.62. The zero-order chi connectivity index (χ0) is 17.5. The van der Waals surface area contributed by atoms with Crippen LogP contribution >= 0.6 is 11.6 Å². The molecule has 0 spiro atoms. The Kier molecular flexibility index (Phi) is 7.03. The first kappa shape index (κ1) is 18.7. The van der Waals surface area contributed by atoms with Crippen LogP contribution in [0.25, 0.3) is 0 Å². The van der Waals surface area contributed by atoms with Crippen molar-refractivity contribution in [2.24, 2.45) is 5.92 Å². The van der Waals surface area contributed by atoms with E-state index < -0.39 is 0 Å². The zero-order valence-electron chi connectivity index (χ0n) is 14.4. The minimum atomic E-state index is 0.0535. The van der Waals surface area contributed by atoms with E-state index in [0.717, 1.165) is 16.7 Å². The van der Waals surface area contributed by atoms with Crippen molar-refractivity contribution in [3.8, 4) is 5.88 Å². The monoisotopic (exact) mass is 348 g/mol. The summed E-state index contributed by atoms with van der Waals surface area (Å²) in [5.41, 5.74) is 3.05. The molecule has 0 saturated carbocycles. The molecule has 2 aromatic rings. The second-order valence-corrected chi connectivity index (χ2v) is 6.75. The number of rotatable bonds is 8. The van der Waals surface area contributed by atoms with Crippen LogP contribution < -0.4 is 10.1 Å². The molecule has 130 valence electrons. The fourth-order valence-corrected chi connectivity index (χ4v) is 2.51. The van der Waals surface area contributed by atoms with Crippen LogP contribution in [0.4, 0.5) is 0 Å². The van der Waals surface area contributed by atoms with Gasteiger partial charge in [0.05, 0.1) is 13.2 Å². The van der Waals surface area contributed by atoms with E-state index in [9.17, 15) is 5.11 Å². The number of aromatic nitrogens is 1. The minimum Gasteiger partial charge on any atom is -0.476 e. The Morgan fingerprint density at radius 3 is 2.67 bits per heavy atom. The lowest BCUT2D eigenvalue weighted by Crippen LogP contribution is -2.18. The van der Waals surface area contributed by atoms with Gasteiger partial charge in [-0.25, -0.2) is 4.98 Å². The van der Waals surface area contributed by atoms with Gasteiger partial charge in [-0.15, -0.1) is 0 Å². The number of nitrogens with one attached hydrogen (secondary N) is 1. The SMILES string of the molecule is CC(C)COc1ncc(CNC(C)c2cccc(CO)c2)cc1Cl. The van der Waals surface area contributed by atoms with Crippen LogP contribution in [0.3, 0.4) is 0 Å². The summed E-state index contributed by atoms with van der Waals surface area (Å²) in [5.74, 6) is 0.914. The highest BCUT2D eigenvalue weighted by molar-refractivity contribution is 6.31. The predicted molar refractivity (Wildman–Crippen MR) is 97.2 cm³/mol. The highest BCUT2D eigenvalue weighted by Gasteiger charge is 2.09. The number of hydrogen-bond acceptors (Lipinski definition) is 4. The van der Waals surface area contributed by atoms with Gasteiger partial charge in [0, 0.05) is 18.8 Å². The molecule has 1 atom stereocenters. The molecule has 0 aliphatic rings. The highest BCUT2D eigenvalue weighted by atomic mass is 35.5. The summed E-state index contributed by atoms with van der Waals surface area (Å²) >= 11 is 6.24. The Morgan fingerprint density at radius 1 is 1.21 bits per heavy atom. The summed E-state index contributed by atoms with van der Waals surface area (Å²) in [4.78, 5) is 4.30. The summed E-state index contributed by atoms with van der Waals surface area (Å²) in [6.45, 7) is 7.56. The van der Waals surface area contributed by atoms with Crippen LogP contribution in [0.15, 0.2) is 36.5 Å². The zero-order valence-corrected chi connectivity index (χ0v) is 15.2. The molecule has 0 aliphatic carbocycles. The van der Waals surface area contributed by atoms with Gasteiger partial charge in [0.1, 0.15) is 5.02 Å². The Bertz CT molecular complexity index is 662. The molecule has 0 amide bonds. The van der Waals surface area contributed by atoms with Crippen molar-refractivity contribution in [1.82, 2.24) is 10.3 Å². The topological polar surface area (TPSA) is 54.4 Å². The standard InChI is InChI=1S/C19H25ClN2O2/c1-13(2)12-24-19-18(20)8-16(10-22-19)9-21-14(3)17-6-4-5-15(7-17)11-23/h4-8,10,13-14,21,23H,9,11-12H2,1-3H3. The third-order valence-corrected chi connectivity index (χ3v) is 3.93. The third kappa shape index (κ3) is 5.48. The van der Waals surface area contributed by atoms with E-state index in [4.69, 9.17) is 16.3 Å². The molecule has 0 fully saturated rings. The van der Waals surface area contributed by atoms with Gasteiger partial charge in [0.2, 0.25) is 5.88 Å². The van der Waals surface area contributed by atoms with E-state index in [2.05, 4.69) is 31.1 Å². The Morgan fingerprint density at radius 2 is 2.00 bits per heavy atom. The maximum Gasteiger partial charge on any atom is 0.232 e. The van der Waals surface area contributed by atoms with Gasteiger partial charge in [-0.2, -0.15) is 0 Å². The lowest BCUT2D eigenvalue weighted by Gasteiger charge is -2.16. The first-order chi connectivity index (χ1) is 11.5. The van der Waals surface area contributed by atoms with Gasteiger partial charge in [-0.05, 0) is 35.6 Å². The molecule has 1 aromatic heterocycles. The molecule has 4 nitrogen and oxygen atoms in total. The van der Waals surface area contributed by atoms with Crippen molar-refractivity contribution in [2.75, 3.05) is 6.61 Å². The molecule has 1 heterocycles. The molecule has 0 radical (unpaired) electrons. The minimum absolute atomic E-state index is 0.0535. The smallest absolute Gasteiger partial charge is 0.232 e. The number of nitrogens with zero attached hydrogens (tertiary/aromatic N) is 1. The fraction of sp³-hybridized carbons (Fsp3) is 0.421. The van der Waals surface area contributed by atoms with Crippen LogP contribution in [0.2, 0.25) is 5.02 Å². The van der Waals surface area contributed by atoms with Gasteiger partial charge in [-0.3, -0.25) is 0 Å². The highest BCUT2D eigenvalue weighted by Crippen LogP contribution is 2.23. The van der Waals surface area contributed by atoms with Gasteiger partial charge in [0.25, 0.3) is 0 Å². The molecule has 2 N–H and O–H groups in total. The molecule has 1 unspecified atom stereocenters. The van der Waals surface area contributed by atoms with E-state index in [1.54, 1.807) is 6.20 Å². The number of hydrogen-bond donors (Lipinski definition) is 2. The molecule has 0 aliphatic heterocycles. The van der Waals surface area contributed by atoms with Gasteiger partial charge < -0.3 is 15.2 Å². The van der Waals surface area contributed by atoms with Crippen LogP contribution in [0.5, 0.6) is 5.88 Å². The number of pyridine rings is 1. The molecule has 5 heteroatoms. The van der Waals surface area contributed by atoms with Crippen molar-refractivity contribution < 1.29 is 9.84 Å². The largest absolute Gasteiger partial charge is 0.476 e. The van der Waals surface area contributed by atoms with Crippen molar-refractivity contribution in [3.63, 3.8) is 0 Å². The van der Waals surface area contributed by atoms with E-state index in [1.165, 1.54) is 0 Å². The summed E-state index contributed by atoms with van der Waals surface area (Å²) in [7, 11) is 0. The number of benzene rings is 1. The first-order valence-corrected chi connectivity index (χ1v) is 8.57. The maximum absolute atomic E-state index is 9.23. The summed E-state index contributed by atoms with van der Waals surface area (Å²) < 4.78 is 5.59. The van der Waals surface area contributed by atoms with Crippen molar-refractivity contribution >= 4 is 11.6 Å². The van der Waals surface area contributed by atoms with Crippen molar-refractivity contribution in [3.05, 3.63) is 58.2 Å². The quantitative estimate of drug-likeness (QED) is 0.753. The second-order valence-electron chi connectivity index (χ2n) is 6.34. The molecular weight excluding hydrogens is 324 g/mol. The van der Waals surface area contributed by atoms with E-state index in [-0.39, 0.29) is 12.6 Å². The third-order valence-electron chi connectivity index (χ3n) is 3.66. The normalized spacial score (nSPS) is 12.4. The van der Waals surface area contributed by atoms with Crippen LogP contribution in [-0.4, -0.2) is 16.7 Å². The Balaban J connectivity index is 1.94. The first-order valence-electron chi connectivity index (χ1n) is 8.20. The fourth-order valence-electron chi connectivity index (χ4n) is 2.26. The summed E-state index contributed by atoms with van der Waals surface area (Å²) in [6.07, 6.45) is 1.78. The van der Waals surface area contributed by atoms with Crippen molar-refractivity contribution in [1.29, 1.82) is 0 Å². The van der Waals surface area contributed by atoms with Crippen LogP contribution in [-0.2, 0) is 13.2 Å². The van der Waals surface area contributed by atoms with Crippen LogP contribution in [0, 0.1) is 5.92 Å². The molecule has 24 heavy (non-hydrogen) atoms. The van der Waals surface area contributed by atoms with Gasteiger partial charge in [-0.1, -0.05) is 49.7 Å². The lowest BCUT2D eigenvalue weighted by atomic mass is 10.1. The van der Waals surface area contributed by atoms with Gasteiger partial charge >= 0.3 is 0 Å². The number of aliphatic hydroxyl groups is 1. The molecule has 0 saturated heterocycles. The predicted octanol–water partition coefficient (Wildman–Crippen LogP) is 4.11. The molecule has 2 rings (SSSR count). The summed E-state index contributed by atoms with van der Waals surface area (Å²) in [5, 5.41) is 13.2. The molecule has 0 bridgehead atoms. The van der Waals surface area contributed by atoms with Crippen molar-refractivity contribution in [2.45, 2.75) is 40.0 Å². The lowest BCUT2D eigenvalue weighted by molar-refractivity contribution is 0.261.